The number of nitro benzene ring substituents is 4. The van der Waals surface area contributed by atoms with Crippen molar-refractivity contribution in [3.05, 3.63) is 88.0 Å². The molecule has 2 aromatic rings. The van der Waals surface area contributed by atoms with Crippen LogP contribution in [0.5, 0.6) is 0 Å². The Kier molecular flexibility index (Phi) is 5.91. The predicted molar refractivity (Wildman–Crippen MR) is 94.4 cm³/mol. The third-order valence-electron chi connectivity index (χ3n) is 3.46. The highest BCUT2D eigenvalue weighted by atomic mass is 16.6. The Labute approximate surface area is 163 Å². The molecule has 0 atom stereocenters. The molecule has 16 nitrogen and oxygen atoms in total. The maximum absolute atomic E-state index is 12.1. The van der Waals surface area contributed by atoms with Crippen molar-refractivity contribution in [2.24, 2.45) is 0 Å². The summed E-state index contributed by atoms with van der Waals surface area (Å²) in [6.45, 7) is 0. The zero-order valence-electron chi connectivity index (χ0n) is 14.3. The van der Waals surface area contributed by atoms with Crippen molar-refractivity contribution in [1.29, 1.82) is 0 Å². The van der Waals surface area contributed by atoms with Crippen LogP contribution in [0, 0.1) is 40.5 Å². The molecule has 0 fully saturated rings. The van der Waals surface area contributed by atoms with Crippen molar-refractivity contribution in [3.8, 4) is 0 Å². The third kappa shape index (κ3) is 4.82. The van der Waals surface area contributed by atoms with E-state index in [0.717, 1.165) is 0 Å². The van der Waals surface area contributed by atoms with Crippen LogP contribution in [0.15, 0.2) is 36.4 Å². The molecule has 154 valence electrons. The largest absolute Gasteiger partial charge is 0.277 e. The summed E-state index contributed by atoms with van der Waals surface area (Å²) < 4.78 is 0. The van der Waals surface area contributed by atoms with E-state index in [1.807, 2.05) is 0 Å². The van der Waals surface area contributed by atoms with Gasteiger partial charge in [0.25, 0.3) is 34.6 Å². The number of non-ortho nitro benzene ring substituents is 4. The van der Waals surface area contributed by atoms with E-state index in [4.69, 9.17) is 0 Å². The quantitative estimate of drug-likeness (QED) is 0.503. The number of hydrogen-bond donors (Lipinski definition) is 2. The standard InChI is InChI=1S/C14H8N6O10/c21-13(7-1-9(17(23)24)5-10(2-7)18(25)26)15-16-14(22)8-3-11(19(27)28)6-12(4-8)20(29)30/h1-6H,(H,15,21)(H,16,22). The molecular formula is C14H8N6O10. The molecule has 2 rings (SSSR count). The van der Waals surface area contributed by atoms with Gasteiger partial charge in [-0.25, -0.2) is 0 Å². The van der Waals surface area contributed by atoms with E-state index in [1.165, 1.54) is 0 Å². The summed E-state index contributed by atoms with van der Waals surface area (Å²) in [6.07, 6.45) is 0. The molecule has 0 saturated carbocycles. The van der Waals surface area contributed by atoms with Gasteiger partial charge in [0.15, 0.2) is 0 Å². The number of amides is 2. The fourth-order valence-electron chi connectivity index (χ4n) is 2.13. The minimum atomic E-state index is -1.19. The zero-order valence-corrected chi connectivity index (χ0v) is 14.3. The summed E-state index contributed by atoms with van der Waals surface area (Å²) in [5.74, 6) is -2.37. The fourth-order valence-corrected chi connectivity index (χ4v) is 2.13. The van der Waals surface area contributed by atoms with Crippen LogP contribution in [-0.2, 0) is 0 Å². The minimum absolute atomic E-state index is 0.541. The number of carbonyl (C=O) groups is 2. The Balaban J connectivity index is 2.25. The van der Waals surface area contributed by atoms with Crippen LogP contribution in [0.1, 0.15) is 20.7 Å². The van der Waals surface area contributed by atoms with E-state index >= 15 is 0 Å². The van der Waals surface area contributed by atoms with Crippen molar-refractivity contribution >= 4 is 34.6 Å². The third-order valence-corrected chi connectivity index (χ3v) is 3.46. The van der Waals surface area contributed by atoms with Gasteiger partial charge in [0.2, 0.25) is 0 Å². The van der Waals surface area contributed by atoms with Crippen LogP contribution in [0.2, 0.25) is 0 Å². The van der Waals surface area contributed by atoms with E-state index in [2.05, 4.69) is 0 Å². The van der Waals surface area contributed by atoms with Gasteiger partial charge in [0.05, 0.1) is 43.0 Å². The Morgan fingerprint density at radius 1 is 0.533 bits per heavy atom. The second kappa shape index (κ2) is 8.33. The smallest absolute Gasteiger partial charge is 0.267 e. The number of hydrazine groups is 1. The fraction of sp³-hybridized carbons (Fsp3) is 0. The highest BCUT2D eigenvalue weighted by molar-refractivity contribution is 6.00. The average molecular weight is 420 g/mol. The van der Waals surface area contributed by atoms with Gasteiger partial charge in [-0.3, -0.25) is 60.9 Å². The molecule has 0 saturated heterocycles. The molecule has 16 heteroatoms. The first-order chi connectivity index (χ1) is 14.0. The van der Waals surface area contributed by atoms with Crippen molar-refractivity contribution in [1.82, 2.24) is 10.9 Å². The summed E-state index contributed by atoms with van der Waals surface area (Å²) >= 11 is 0. The lowest BCUT2D eigenvalue weighted by molar-refractivity contribution is -0.394. The van der Waals surface area contributed by atoms with Gasteiger partial charge < -0.3 is 0 Å². The molecule has 2 N–H and O–H groups in total. The van der Waals surface area contributed by atoms with Crippen LogP contribution < -0.4 is 10.9 Å². The molecule has 0 spiro atoms. The molecule has 0 bridgehead atoms. The predicted octanol–water partition coefficient (Wildman–Crippen LogP) is 1.39. The first-order valence-electron chi connectivity index (χ1n) is 7.48. The number of rotatable bonds is 6. The first-order valence-corrected chi connectivity index (χ1v) is 7.48. The molecule has 2 aromatic carbocycles. The number of carbonyl (C=O) groups excluding carboxylic acids is 2. The monoisotopic (exact) mass is 420 g/mol. The topological polar surface area (TPSA) is 231 Å². The van der Waals surface area contributed by atoms with E-state index in [-0.39, 0.29) is 0 Å². The molecule has 0 aliphatic rings. The van der Waals surface area contributed by atoms with E-state index in [0.29, 0.717) is 36.4 Å². The van der Waals surface area contributed by atoms with Crippen LogP contribution in [0.25, 0.3) is 0 Å². The molecule has 30 heavy (non-hydrogen) atoms. The second-order valence-corrected chi connectivity index (χ2v) is 5.41. The van der Waals surface area contributed by atoms with Gasteiger partial charge >= 0.3 is 0 Å². The number of hydrogen-bond acceptors (Lipinski definition) is 10. The summed E-state index contributed by atoms with van der Waals surface area (Å²) in [5.41, 5.74) is -0.493. The molecule has 0 aliphatic carbocycles. The van der Waals surface area contributed by atoms with Crippen molar-refractivity contribution in [3.63, 3.8) is 0 Å². The van der Waals surface area contributed by atoms with E-state index < -0.39 is 65.4 Å². The van der Waals surface area contributed by atoms with Gasteiger partial charge in [-0.2, -0.15) is 0 Å². The second-order valence-electron chi connectivity index (χ2n) is 5.41. The lowest BCUT2D eigenvalue weighted by Gasteiger charge is -2.07. The SMILES string of the molecule is O=C(NNC(=O)c1cc([N+](=O)[O-])cc([N+](=O)[O-])c1)c1cc([N+](=O)[O-])cc([N+](=O)[O-])c1. The van der Waals surface area contributed by atoms with Crippen LogP contribution in [-0.4, -0.2) is 31.5 Å². The molecule has 0 aromatic heterocycles. The highest BCUT2D eigenvalue weighted by Crippen LogP contribution is 2.23. The van der Waals surface area contributed by atoms with Gasteiger partial charge in [0.1, 0.15) is 0 Å². The van der Waals surface area contributed by atoms with Crippen molar-refractivity contribution in [2.75, 3.05) is 0 Å². The van der Waals surface area contributed by atoms with Gasteiger partial charge in [-0.15, -0.1) is 0 Å². The molecule has 0 unspecified atom stereocenters. The molecular weight excluding hydrogens is 412 g/mol. The maximum Gasteiger partial charge on any atom is 0.277 e. The van der Waals surface area contributed by atoms with Gasteiger partial charge in [-0.1, -0.05) is 0 Å². The van der Waals surface area contributed by atoms with E-state index in [1.54, 1.807) is 10.9 Å². The Morgan fingerprint density at radius 2 is 0.767 bits per heavy atom. The molecule has 0 heterocycles. The van der Waals surface area contributed by atoms with Crippen LogP contribution in [0.4, 0.5) is 22.7 Å². The Hall–Kier alpha value is -5.02. The minimum Gasteiger partial charge on any atom is -0.267 e. The molecule has 0 aliphatic heterocycles. The summed E-state index contributed by atoms with van der Waals surface area (Å²) in [6, 6.07) is 4.11. The van der Waals surface area contributed by atoms with Crippen molar-refractivity contribution in [2.45, 2.75) is 0 Å². The number of nitro groups is 4. The van der Waals surface area contributed by atoms with Gasteiger partial charge in [-0.05, 0) is 0 Å². The number of nitrogens with one attached hydrogen (secondary N) is 2. The molecule has 0 radical (unpaired) electrons. The number of benzene rings is 2. The Morgan fingerprint density at radius 3 is 0.967 bits per heavy atom. The average Bonchev–Trinajstić information content (AvgIpc) is 2.70. The number of nitrogens with zero attached hydrogens (tertiary/aromatic N) is 4. The lowest BCUT2D eigenvalue weighted by atomic mass is 10.1. The summed E-state index contributed by atoms with van der Waals surface area (Å²) in [7, 11) is 0. The maximum atomic E-state index is 12.1. The normalized spacial score (nSPS) is 10.0. The lowest BCUT2D eigenvalue weighted by Crippen LogP contribution is -2.41. The summed E-state index contributed by atoms with van der Waals surface area (Å²) in [5, 5.41) is 43.4. The van der Waals surface area contributed by atoms with Crippen LogP contribution >= 0.6 is 0 Å². The highest BCUT2D eigenvalue weighted by Gasteiger charge is 2.22. The van der Waals surface area contributed by atoms with Gasteiger partial charge in [0, 0.05) is 24.3 Å². The van der Waals surface area contributed by atoms with Crippen LogP contribution in [0.3, 0.4) is 0 Å². The van der Waals surface area contributed by atoms with Crippen molar-refractivity contribution < 1.29 is 29.3 Å². The first kappa shape index (κ1) is 21.3. The zero-order chi connectivity index (χ0) is 22.6. The summed E-state index contributed by atoms with van der Waals surface area (Å²) in [4.78, 5) is 63.7. The molecule has 2 amide bonds. The van der Waals surface area contributed by atoms with E-state index in [9.17, 15) is 50.0 Å². The Bertz CT molecular complexity index is 962.